The van der Waals surface area contributed by atoms with E-state index in [9.17, 15) is 10.2 Å². The van der Waals surface area contributed by atoms with Crippen LogP contribution < -0.4 is 0 Å². The molecule has 2 N–H and O–H groups in total. The van der Waals surface area contributed by atoms with Gasteiger partial charge in [-0.05, 0) is 80.0 Å². The largest absolute Gasteiger partial charge is 0.393 e. The van der Waals surface area contributed by atoms with E-state index < -0.39 is 0 Å². The van der Waals surface area contributed by atoms with Crippen LogP contribution in [0, 0.1) is 41.4 Å². The highest BCUT2D eigenvalue weighted by atomic mass is 16.5. The number of rotatable bonds is 3. The normalized spacial score (nSPS) is 51.5. The highest BCUT2D eigenvalue weighted by Crippen LogP contribution is 2.48. The van der Waals surface area contributed by atoms with Crippen molar-refractivity contribution >= 4 is 0 Å². The Kier molecular flexibility index (Phi) is 5.94. The van der Waals surface area contributed by atoms with Crippen molar-refractivity contribution in [3.8, 4) is 0 Å². The van der Waals surface area contributed by atoms with Crippen molar-refractivity contribution in [2.45, 2.75) is 84.5 Å². The highest BCUT2D eigenvalue weighted by Gasteiger charge is 2.45. The van der Waals surface area contributed by atoms with Crippen molar-refractivity contribution in [1.29, 1.82) is 0 Å². The fourth-order valence-corrected chi connectivity index (χ4v) is 6.31. The molecule has 0 aromatic heterocycles. The molecule has 5 atom stereocenters. The standard InChI is InChI=1S/C21H38O3/c1-12-8-16(9-13(2)20(12)22)19(18-6-5-7-24-18)17-10-14(3)21(23)15(4)11-17/h12-23H,5-11H2,1-4H3. The molecule has 3 rings (SSSR count). The van der Waals surface area contributed by atoms with E-state index in [1.54, 1.807) is 0 Å². The molecule has 0 spiro atoms. The third kappa shape index (κ3) is 3.68. The summed E-state index contributed by atoms with van der Waals surface area (Å²) in [6.07, 6.45) is 7.07. The van der Waals surface area contributed by atoms with Gasteiger partial charge in [-0.3, -0.25) is 0 Å². The fourth-order valence-electron chi connectivity index (χ4n) is 6.31. The van der Waals surface area contributed by atoms with Crippen molar-refractivity contribution in [3.05, 3.63) is 0 Å². The highest BCUT2D eigenvalue weighted by molar-refractivity contribution is 4.95. The summed E-state index contributed by atoms with van der Waals surface area (Å²) in [6, 6.07) is 0. The lowest BCUT2D eigenvalue weighted by Crippen LogP contribution is -2.46. The molecule has 5 unspecified atom stereocenters. The van der Waals surface area contributed by atoms with Gasteiger partial charge in [-0.2, -0.15) is 0 Å². The smallest absolute Gasteiger partial charge is 0.0609 e. The molecule has 3 fully saturated rings. The summed E-state index contributed by atoms with van der Waals surface area (Å²) in [5.74, 6) is 3.53. The van der Waals surface area contributed by atoms with Gasteiger partial charge >= 0.3 is 0 Å². The maximum absolute atomic E-state index is 10.4. The molecule has 140 valence electrons. The molecule has 1 saturated heterocycles. The van der Waals surface area contributed by atoms with Crippen LogP contribution in [0.25, 0.3) is 0 Å². The molecule has 1 aliphatic heterocycles. The Hall–Kier alpha value is -0.120. The summed E-state index contributed by atoms with van der Waals surface area (Å²) in [5.41, 5.74) is 0. The number of hydrogen-bond acceptors (Lipinski definition) is 3. The Labute approximate surface area is 148 Å². The Morgan fingerprint density at radius 1 is 0.750 bits per heavy atom. The van der Waals surface area contributed by atoms with Gasteiger partial charge in [0, 0.05) is 6.61 Å². The first-order valence-corrected chi connectivity index (χ1v) is 10.4. The van der Waals surface area contributed by atoms with Gasteiger partial charge in [-0.25, -0.2) is 0 Å². The first-order valence-electron chi connectivity index (χ1n) is 10.4. The molecule has 3 nitrogen and oxygen atoms in total. The van der Waals surface area contributed by atoms with Gasteiger partial charge in [0.25, 0.3) is 0 Å². The lowest BCUT2D eigenvalue weighted by atomic mass is 9.60. The third-order valence-corrected chi connectivity index (χ3v) is 7.51. The minimum absolute atomic E-state index is 0.141. The van der Waals surface area contributed by atoms with Gasteiger partial charge in [0.05, 0.1) is 18.3 Å². The minimum Gasteiger partial charge on any atom is -0.393 e. The zero-order valence-corrected chi connectivity index (χ0v) is 16.0. The van der Waals surface area contributed by atoms with Crippen LogP contribution in [-0.2, 0) is 4.74 Å². The van der Waals surface area contributed by atoms with Crippen LogP contribution in [0.3, 0.4) is 0 Å². The van der Waals surface area contributed by atoms with Crippen molar-refractivity contribution in [1.82, 2.24) is 0 Å². The maximum Gasteiger partial charge on any atom is 0.0609 e. The van der Waals surface area contributed by atoms with E-state index in [4.69, 9.17) is 4.74 Å². The molecule has 0 bridgehead atoms. The van der Waals surface area contributed by atoms with Gasteiger partial charge in [-0.1, -0.05) is 27.7 Å². The summed E-state index contributed by atoms with van der Waals surface area (Å²) in [5, 5.41) is 20.8. The van der Waals surface area contributed by atoms with Crippen molar-refractivity contribution in [2.75, 3.05) is 6.61 Å². The first-order chi connectivity index (χ1) is 11.4. The van der Waals surface area contributed by atoms with Crippen LogP contribution in [-0.4, -0.2) is 35.1 Å². The van der Waals surface area contributed by atoms with E-state index in [0.29, 0.717) is 47.5 Å². The summed E-state index contributed by atoms with van der Waals surface area (Å²) in [7, 11) is 0. The van der Waals surface area contributed by atoms with E-state index in [1.807, 2.05) is 0 Å². The predicted octanol–water partition coefficient (Wildman–Crippen LogP) is 3.87. The zero-order chi connectivity index (χ0) is 17.4. The monoisotopic (exact) mass is 338 g/mol. The molecular weight excluding hydrogens is 300 g/mol. The number of aliphatic hydroxyl groups is 2. The van der Waals surface area contributed by atoms with Gasteiger partial charge in [0.2, 0.25) is 0 Å². The van der Waals surface area contributed by atoms with Crippen molar-refractivity contribution in [3.63, 3.8) is 0 Å². The minimum atomic E-state index is -0.141. The van der Waals surface area contributed by atoms with Crippen LogP contribution in [0.2, 0.25) is 0 Å². The van der Waals surface area contributed by atoms with Gasteiger partial charge in [-0.15, -0.1) is 0 Å². The zero-order valence-electron chi connectivity index (χ0n) is 16.0. The molecule has 0 radical (unpaired) electrons. The van der Waals surface area contributed by atoms with E-state index >= 15 is 0 Å². The van der Waals surface area contributed by atoms with Crippen LogP contribution in [0.4, 0.5) is 0 Å². The maximum atomic E-state index is 10.4. The molecule has 3 aliphatic rings. The van der Waals surface area contributed by atoms with E-state index in [-0.39, 0.29) is 12.2 Å². The molecule has 0 amide bonds. The Morgan fingerprint density at radius 2 is 1.17 bits per heavy atom. The molecular formula is C21H38O3. The molecule has 3 heteroatoms. The second kappa shape index (κ2) is 7.63. The summed E-state index contributed by atoms with van der Waals surface area (Å²) in [4.78, 5) is 0. The van der Waals surface area contributed by atoms with E-state index in [0.717, 1.165) is 32.3 Å². The van der Waals surface area contributed by atoms with Gasteiger partial charge in [0.15, 0.2) is 0 Å². The fraction of sp³-hybridized carbons (Fsp3) is 1.00. The molecule has 0 aromatic rings. The molecule has 2 saturated carbocycles. The summed E-state index contributed by atoms with van der Waals surface area (Å²) in [6.45, 7) is 9.79. The third-order valence-electron chi connectivity index (χ3n) is 7.51. The molecule has 0 aromatic carbocycles. The average molecular weight is 339 g/mol. The Morgan fingerprint density at radius 3 is 1.50 bits per heavy atom. The molecule has 2 aliphatic carbocycles. The van der Waals surface area contributed by atoms with Crippen molar-refractivity contribution in [2.24, 2.45) is 41.4 Å². The second-order valence-electron chi connectivity index (χ2n) is 9.48. The van der Waals surface area contributed by atoms with Crippen LogP contribution in [0.1, 0.15) is 66.2 Å². The van der Waals surface area contributed by atoms with Gasteiger partial charge < -0.3 is 14.9 Å². The Bertz CT molecular complexity index is 352. The lowest BCUT2D eigenvalue weighted by Gasteiger charge is -2.47. The summed E-state index contributed by atoms with van der Waals surface area (Å²) >= 11 is 0. The SMILES string of the molecule is CC1CC(C(C2CC(C)C(O)C(C)C2)C2CCCO2)CC(C)C1O. The quantitative estimate of drug-likeness (QED) is 0.821. The number of aliphatic hydroxyl groups excluding tert-OH is 2. The van der Waals surface area contributed by atoms with Crippen LogP contribution >= 0.6 is 0 Å². The second-order valence-corrected chi connectivity index (χ2v) is 9.48. The number of ether oxygens (including phenoxy) is 1. The van der Waals surface area contributed by atoms with Crippen LogP contribution in [0.15, 0.2) is 0 Å². The van der Waals surface area contributed by atoms with Crippen LogP contribution in [0.5, 0.6) is 0 Å². The Balaban J connectivity index is 1.79. The molecule has 24 heavy (non-hydrogen) atoms. The average Bonchev–Trinajstić information content (AvgIpc) is 3.04. The van der Waals surface area contributed by atoms with Crippen molar-refractivity contribution < 1.29 is 14.9 Å². The molecule has 1 heterocycles. The van der Waals surface area contributed by atoms with E-state index in [1.165, 1.54) is 12.8 Å². The lowest BCUT2D eigenvalue weighted by molar-refractivity contribution is -0.0768. The summed E-state index contributed by atoms with van der Waals surface area (Å²) < 4.78 is 6.19. The van der Waals surface area contributed by atoms with E-state index in [2.05, 4.69) is 27.7 Å². The first kappa shape index (κ1) is 18.7. The predicted molar refractivity (Wildman–Crippen MR) is 96.6 cm³/mol. The number of hydrogen-bond donors (Lipinski definition) is 2. The van der Waals surface area contributed by atoms with Gasteiger partial charge in [0.1, 0.15) is 0 Å². The topological polar surface area (TPSA) is 49.7 Å².